The summed E-state index contributed by atoms with van der Waals surface area (Å²) in [5.41, 5.74) is 1.20. The summed E-state index contributed by atoms with van der Waals surface area (Å²) in [6.45, 7) is 4.04. The number of methoxy groups -OCH3 is 1. The molecule has 1 atom stereocenters. The van der Waals surface area contributed by atoms with Crippen LogP contribution in [0, 0.1) is 5.92 Å². The Bertz CT molecular complexity index is 199. The van der Waals surface area contributed by atoms with Gasteiger partial charge in [-0.3, -0.25) is 0 Å². The summed E-state index contributed by atoms with van der Waals surface area (Å²) in [7, 11) is 1.41. The summed E-state index contributed by atoms with van der Waals surface area (Å²) >= 11 is 0. The van der Waals surface area contributed by atoms with Crippen LogP contribution in [-0.4, -0.2) is 26.2 Å². The van der Waals surface area contributed by atoms with E-state index < -0.39 is 0 Å². The van der Waals surface area contributed by atoms with E-state index in [4.69, 9.17) is 0 Å². The summed E-state index contributed by atoms with van der Waals surface area (Å²) in [6.07, 6.45) is 2.57. The van der Waals surface area contributed by atoms with Gasteiger partial charge < -0.3 is 10.1 Å². The summed E-state index contributed by atoms with van der Waals surface area (Å²) in [6, 6.07) is 0. The maximum atomic E-state index is 10.9. The maximum Gasteiger partial charge on any atom is 0.330 e. The first kappa shape index (κ1) is 9.26. The van der Waals surface area contributed by atoms with Crippen molar-refractivity contribution >= 4 is 5.97 Å². The molecule has 0 aromatic heterocycles. The van der Waals surface area contributed by atoms with Crippen LogP contribution in [0.25, 0.3) is 0 Å². The molecule has 1 saturated heterocycles. The smallest absolute Gasteiger partial charge is 0.330 e. The van der Waals surface area contributed by atoms with E-state index in [0.717, 1.165) is 19.5 Å². The Labute approximate surface area is 72.8 Å². The van der Waals surface area contributed by atoms with Crippen LogP contribution in [0.2, 0.25) is 0 Å². The lowest BCUT2D eigenvalue weighted by molar-refractivity contribution is -0.134. The van der Waals surface area contributed by atoms with Crippen LogP contribution in [0.5, 0.6) is 0 Å². The van der Waals surface area contributed by atoms with Crippen LogP contribution in [-0.2, 0) is 9.53 Å². The van der Waals surface area contributed by atoms with E-state index >= 15 is 0 Å². The Balaban J connectivity index is 2.58. The van der Waals surface area contributed by atoms with Crippen molar-refractivity contribution in [2.75, 3.05) is 20.2 Å². The van der Waals surface area contributed by atoms with Crippen LogP contribution in [0.1, 0.15) is 13.3 Å². The molecule has 0 bridgehead atoms. The molecule has 1 unspecified atom stereocenters. The SMILES string of the molecule is COC(=O)/C=C1\CCNCC1C. The van der Waals surface area contributed by atoms with Gasteiger partial charge in [-0.2, -0.15) is 0 Å². The molecule has 0 radical (unpaired) electrons. The third kappa shape index (κ3) is 2.34. The van der Waals surface area contributed by atoms with E-state index in [9.17, 15) is 4.79 Å². The molecule has 0 amide bonds. The first-order chi connectivity index (χ1) is 5.74. The summed E-state index contributed by atoms with van der Waals surface area (Å²) < 4.78 is 4.57. The zero-order valence-electron chi connectivity index (χ0n) is 7.59. The fraction of sp³-hybridized carbons (Fsp3) is 0.667. The predicted molar refractivity (Wildman–Crippen MR) is 46.7 cm³/mol. The second kappa shape index (κ2) is 4.26. The third-order valence-corrected chi connectivity index (χ3v) is 2.18. The molecule has 3 nitrogen and oxygen atoms in total. The van der Waals surface area contributed by atoms with Gasteiger partial charge in [-0.15, -0.1) is 0 Å². The van der Waals surface area contributed by atoms with E-state index in [2.05, 4.69) is 17.0 Å². The van der Waals surface area contributed by atoms with Gasteiger partial charge in [0.2, 0.25) is 0 Å². The molecule has 3 heteroatoms. The lowest BCUT2D eigenvalue weighted by Crippen LogP contribution is -2.30. The van der Waals surface area contributed by atoms with Crippen LogP contribution in [0.4, 0.5) is 0 Å². The Morgan fingerprint density at radius 2 is 2.50 bits per heavy atom. The van der Waals surface area contributed by atoms with Gasteiger partial charge in [-0.1, -0.05) is 12.5 Å². The molecule has 12 heavy (non-hydrogen) atoms. The fourth-order valence-electron chi connectivity index (χ4n) is 1.35. The van der Waals surface area contributed by atoms with E-state index in [0.29, 0.717) is 5.92 Å². The number of nitrogens with one attached hydrogen (secondary N) is 1. The molecule has 68 valence electrons. The highest BCUT2D eigenvalue weighted by Gasteiger charge is 2.14. The van der Waals surface area contributed by atoms with Crippen molar-refractivity contribution in [2.24, 2.45) is 5.92 Å². The fourth-order valence-corrected chi connectivity index (χ4v) is 1.35. The topological polar surface area (TPSA) is 38.3 Å². The van der Waals surface area contributed by atoms with Crippen molar-refractivity contribution in [3.8, 4) is 0 Å². The van der Waals surface area contributed by atoms with Crippen molar-refractivity contribution in [1.82, 2.24) is 5.32 Å². The van der Waals surface area contributed by atoms with Gasteiger partial charge in [0.1, 0.15) is 0 Å². The first-order valence-corrected chi connectivity index (χ1v) is 4.23. The molecule has 1 N–H and O–H groups in total. The zero-order valence-corrected chi connectivity index (χ0v) is 7.59. The molecule has 1 fully saturated rings. The van der Waals surface area contributed by atoms with Crippen LogP contribution in [0.15, 0.2) is 11.6 Å². The van der Waals surface area contributed by atoms with E-state index in [1.54, 1.807) is 6.08 Å². The highest BCUT2D eigenvalue weighted by atomic mass is 16.5. The van der Waals surface area contributed by atoms with Crippen LogP contribution in [0.3, 0.4) is 0 Å². The van der Waals surface area contributed by atoms with Gasteiger partial charge in [0, 0.05) is 12.6 Å². The number of carbonyl (C=O) groups is 1. The maximum absolute atomic E-state index is 10.9. The number of hydrogen-bond acceptors (Lipinski definition) is 3. The van der Waals surface area contributed by atoms with E-state index in [1.165, 1.54) is 12.7 Å². The summed E-state index contributed by atoms with van der Waals surface area (Å²) in [5.74, 6) is 0.219. The number of piperidine rings is 1. The minimum absolute atomic E-state index is 0.237. The van der Waals surface area contributed by atoms with Crippen LogP contribution >= 0.6 is 0 Å². The third-order valence-electron chi connectivity index (χ3n) is 2.18. The minimum Gasteiger partial charge on any atom is -0.466 e. The van der Waals surface area contributed by atoms with Gasteiger partial charge >= 0.3 is 5.97 Å². The molecule has 1 heterocycles. The van der Waals surface area contributed by atoms with Crippen molar-refractivity contribution in [3.05, 3.63) is 11.6 Å². The molecule has 1 aliphatic rings. The molecule has 0 aromatic carbocycles. The second-order valence-electron chi connectivity index (χ2n) is 3.10. The molecule has 1 rings (SSSR count). The van der Waals surface area contributed by atoms with Gasteiger partial charge in [0.05, 0.1) is 7.11 Å². The molecule has 0 aliphatic carbocycles. The number of esters is 1. The highest BCUT2D eigenvalue weighted by Crippen LogP contribution is 2.16. The highest BCUT2D eigenvalue weighted by molar-refractivity contribution is 5.82. The number of carbonyl (C=O) groups excluding carboxylic acids is 1. The Kier molecular flexibility index (Phi) is 3.29. The largest absolute Gasteiger partial charge is 0.466 e. The molecule has 0 spiro atoms. The van der Waals surface area contributed by atoms with E-state index in [-0.39, 0.29) is 5.97 Å². The Morgan fingerprint density at radius 3 is 3.08 bits per heavy atom. The van der Waals surface area contributed by atoms with Gasteiger partial charge in [-0.05, 0) is 18.9 Å². The first-order valence-electron chi connectivity index (χ1n) is 4.23. The standard InChI is InChI=1S/C9H15NO2/c1-7-6-10-4-3-8(7)5-9(11)12-2/h5,7,10H,3-4,6H2,1-2H3/b8-5+. The molecule has 0 saturated carbocycles. The van der Waals surface area contributed by atoms with Crippen LogP contribution < -0.4 is 5.32 Å². The Hall–Kier alpha value is -0.830. The lowest BCUT2D eigenvalue weighted by atomic mass is 9.94. The van der Waals surface area contributed by atoms with Crippen molar-refractivity contribution < 1.29 is 9.53 Å². The van der Waals surface area contributed by atoms with Crippen molar-refractivity contribution in [2.45, 2.75) is 13.3 Å². The number of rotatable bonds is 1. The quantitative estimate of drug-likeness (QED) is 0.464. The lowest BCUT2D eigenvalue weighted by Gasteiger charge is -2.22. The zero-order chi connectivity index (χ0) is 8.97. The number of ether oxygens (including phenoxy) is 1. The average Bonchev–Trinajstić information content (AvgIpc) is 2.09. The average molecular weight is 169 g/mol. The van der Waals surface area contributed by atoms with Crippen molar-refractivity contribution in [1.29, 1.82) is 0 Å². The predicted octanol–water partition coefficient (Wildman–Crippen LogP) is 0.715. The summed E-state index contributed by atoms with van der Waals surface area (Å²) in [5, 5.41) is 3.26. The van der Waals surface area contributed by atoms with Gasteiger partial charge in [-0.25, -0.2) is 4.79 Å². The molecule has 1 aliphatic heterocycles. The monoisotopic (exact) mass is 169 g/mol. The van der Waals surface area contributed by atoms with Crippen molar-refractivity contribution in [3.63, 3.8) is 0 Å². The summed E-state index contributed by atoms with van der Waals surface area (Å²) in [4.78, 5) is 10.9. The molecular formula is C9H15NO2. The Morgan fingerprint density at radius 1 is 1.75 bits per heavy atom. The normalized spacial score (nSPS) is 27.2. The van der Waals surface area contributed by atoms with Gasteiger partial charge in [0.25, 0.3) is 0 Å². The number of hydrogen-bond donors (Lipinski definition) is 1. The molecule has 0 aromatic rings. The second-order valence-corrected chi connectivity index (χ2v) is 3.10. The van der Waals surface area contributed by atoms with E-state index in [1.807, 2.05) is 0 Å². The van der Waals surface area contributed by atoms with Gasteiger partial charge in [0.15, 0.2) is 0 Å². The minimum atomic E-state index is -0.237. The molecular weight excluding hydrogens is 154 g/mol.